The first-order chi connectivity index (χ1) is 14.3. The maximum absolute atomic E-state index is 13.1. The molecule has 6 heteroatoms. The number of fused-ring (bicyclic) bond motifs is 1. The lowest BCUT2D eigenvalue weighted by molar-refractivity contribution is 0.0582. The topological polar surface area (TPSA) is 77.2 Å². The van der Waals surface area contributed by atoms with Crippen molar-refractivity contribution in [3.63, 3.8) is 0 Å². The maximum atomic E-state index is 13.1. The number of hydrogen-bond acceptors (Lipinski definition) is 5. The molecule has 5 rings (SSSR count). The van der Waals surface area contributed by atoms with Crippen molar-refractivity contribution in [2.45, 2.75) is 50.5 Å². The van der Waals surface area contributed by atoms with Crippen LogP contribution >= 0.6 is 0 Å². The highest BCUT2D eigenvalue weighted by atomic mass is 16.5. The van der Waals surface area contributed by atoms with E-state index >= 15 is 0 Å². The van der Waals surface area contributed by atoms with Crippen molar-refractivity contribution < 1.29 is 14.1 Å². The number of nitrogens with zero attached hydrogens (tertiary/aromatic N) is 2. The first kappa shape index (κ1) is 18.3. The summed E-state index contributed by atoms with van der Waals surface area (Å²) in [5.74, 6) is 0.243. The molecule has 0 unspecified atom stereocenters. The Hall–Kier alpha value is -2.73. The fraction of sp³-hybridized carbons (Fsp3) is 0.435. The minimum atomic E-state index is -0.130. The molecule has 2 heterocycles. The van der Waals surface area contributed by atoms with Crippen LogP contribution in [0.15, 0.2) is 40.9 Å². The monoisotopic (exact) mass is 391 g/mol. The van der Waals surface area contributed by atoms with Crippen molar-refractivity contribution in [2.24, 2.45) is 0 Å². The summed E-state index contributed by atoms with van der Waals surface area (Å²) in [6, 6.07) is 11.7. The highest BCUT2D eigenvalue weighted by Crippen LogP contribution is 2.43. The summed E-state index contributed by atoms with van der Waals surface area (Å²) >= 11 is 0. The normalized spacial score (nSPS) is 17.1. The Bertz CT molecular complexity index is 1000. The van der Waals surface area contributed by atoms with E-state index in [-0.39, 0.29) is 5.91 Å². The first-order valence-electron chi connectivity index (χ1n) is 10.5. The van der Waals surface area contributed by atoms with Gasteiger partial charge in [0.15, 0.2) is 0 Å². The fourth-order valence-electron chi connectivity index (χ4n) is 4.09. The third-order valence-electron chi connectivity index (χ3n) is 5.79. The molecule has 29 heavy (non-hydrogen) atoms. The van der Waals surface area contributed by atoms with Gasteiger partial charge in [-0.05, 0) is 31.7 Å². The largest absolute Gasteiger partial charge is 0.376 e. The van der Waals surface area contributed by atoms with E-state index in [1.165, 1.54) is 12.8 Å². The van der Waals surface area contributed by atoms with Crippen LogP contribution in [0.3, 0.4) is 0 Å². The quantitative estimate of drug-likeness (QED) is 0.602. The van der Waals surface area contributed by atoms with Crippen LogP contribution in [0.1, 0.15) is 60.5 Å². The van der Waals surface area contributed by atoms with Gasteiger partial charge in [0, 0.05) is 18.0 Å². The first-order valence-corrected chi connectivity index (χ1v) is 10.5. The van der Waals surface area contributed by atoms with Gasteiger partial charge in [0.25, 0.3) is 11.6 Å². The number of carbonyl (C=O) groups excluding carboxylic acids is 1. The third kappa shape index (κ3) is 3.90. The maximum Gasteiger partial charge on any atom is 0.259 e. The Balaban J connectivity index is 1.40. The lowest BCUT2D eigenvalue weighted by Gasteiger charge is -2.12. The summed E-state index contributed by atoms with van der Waals surface area (Å²) in [4.78, 5) is 17.7. The van der Waals surface area contributed by atoms with Gasteiger partial charge in [0.1, 0.15) is 0 Å². The highest BCUT2D eigenvalue weighted by Gasteiger charge is 2.32. The predicted octanol–water partition coefficient (Wildman–Crippen LogP) is 4.46. The van der Waals surface area contributed by atoms with Gasteiger partial charge < -0.3 is 14.6 Å². The lowest BCUT2D eigenvalue weighted by atomic mass is 10.0. The van der Waals surface area contributed by atoms with Gasteiger partial charge in [-0.1, -0.05) is 48.3 Å². The zero-order valence-corrected chi connectivity index (χ0v) is 16.4. The van der Waals surface area contributed by atoms with E-state index in [1.54, 1.807) is 0 Å². The molecule has 150 valence electrons. The van der Waals surface area contributed by atoms with Crippen molar-refractivity contribution >= 4 is 17.0 Å². The zero-order valence-electron chi connectivity index (χ0n) is 16.4. The number of benzene rings is 1. The molecule has 0 atom stereocenters. The number of rotatable bonds is 7. The third-order valence-corrected chi connectivity index (χ3v) is 5.79. The second-order valence-corrected chi connectivity index (χ2v) is 7.98. The Labute approximate surface area is 169 Å². The van der Waals surface area contributed by atoms with E-state index in [2.05, 4.69) is 15.5 Å². The Morgan fingerprint density at radius 1 is 1.14 bits per heavy atom. The van der Waals surface area contributed by atoms with Crippen LogP contribution in [0.25, 0.3) is 22.4 Å². The van der Waals surface area contributed by atoms with E-state index in [4.69, 9.17) is 9.26 Å². The van der Waals surface area contributed by atoms with Gasteiger partial charge >= 0.3 is 0 Å². The van der Waals surface area contributed by atoms with Gasteiger partial charge in [0.05, 0.1) is 35.0 Å². The van der Waals surface area contributed by atoms with Gasteiger partial charge in [-0.15, -0.1) is 0 Å². The second kappa shape index (κ2) is 7.95. The number of hydrogen-bond donors (Lipinski definition) is 1. The number of carbonyl (C=O) groups is 1. The number of pyridine rings is 1. The molecule has 2 aliphatic carbocycles. The van der Waals surface area contributed by atoms with Crippen molar-refractivity contribution in [3.05, 3.63) is 47.7 Å². The Kier molecular flexibility index (Phi) is 5.02. The van der Waals surface area contributed by atoms with Crippen molar-refractivity contribution in [1.29, 1.82) is 0 Å². The van der Waals surface area contributed by atoms with E-state index < -0.39 is 0 Å². The molecule has 0 aliphatic heterocycles. The SMILES string of the molecule is O=C(NCCOC1CCCC1)c1cc(-c2ccccc2)nc2onc(C3CC3)c12. The lowest BCUT2D eigenvalue weighted by Crippen LogP contribution is -2.28. The smallest absolute Gasteiger partial charge is 0.259 e. The van der Waals surface area contributed by atoms with Gasteiger partial charge in [-0.3, -0.25) is 4.79 Å². The Morgan fingerprint density at radius 3 is 2.69 bits per heavy atom. The van der Waals surface area contributed by atoms with Crippen LogP contribution in [0, 0.1) is 0 Å². The highest BCUT2D eigenvalue weighted by molar-refractivity contribution is 6.07. The molecule has 6 nitrogen and oxygen atoms in total. The van der Waals surface area contributed by atoms with Crippen LogP contribution < -0.4 is 5.32 Å². The molecule has 2 aliphatic rings. The number of aromatic nitrogens is 2. The van der Waals surface area contributed by atoms with Gasteiger partial charge in [-0.25, -0.2) is 4.98 Å². The van der Waals surface area contributed by atoms with Crippen LogP contribution in [0.4, 0.5) is 0 Å². The average Bonchev–Trinajstić information content (AvgIpc) is 3.30. The number of ether oxygens (including phenoxy) is 1. The van der Waals surface area contributed by atoms with E-state index in [1.807, 2.05) is 36.4 Å². The molecule has 0 saturated heterocycles. The zero-order chi connectivity index (χ0) is 19.6. The van der Waals surface area contributed by atoms with Crippen LogP contribution in [-0.4, -0.2) is 35.3 Å². The molecule has 0 bridgehead atoms. The molecule has 2 saturated carbocycles. The molecule has 2 aromatic heterocycles. The molecule has 0 radical (unpaired) electrons. The fourth-order valence-corrected chi connectivity index (χ4v) is 4.09. The molecular weight excluding hydrogens is 366 g/mol. The number of amides is 1. The summed E-state index contributed by atoms with van der Waals surface area (Å²) in [7, 11) is 0. The summed E-state index contributed by atoms with van der Waals surface area (Å²) < 4.78 is 11.4. The molecule has 1 N–H and O–H groups in total. The molecule has 2 fully saturated rings. The molecule has 1 amide bonds. The van der Waals surface area contributed by atoms with E-state index in [9.17, 15) is 4.79 Å². The molecular formula is C23H25N3O3. The van der Waals surface area contributed by atoms with Gasteiger partial charge in [0.2, 0.25) is 0 Å². The van der Waals surface area contributed by atoms with Crippen molar-refractivity contribution in [1.82, 2.24) is 15.5 Å². The predicted molar refractivity (Wildman–Crippen MR) is 110 cm³/mol. The minimum Gasteiger partial charge on any atom is -0.376 e. The standard InChI is InChI=1S/C23H25N3O3/c27-22(24-12-13-28-17-8-4-5-9-17)18-14-19(15-6-2-1-3-7-15)25-23-20(18)21(26-29-23)16-10-11-16/h1-3,6-7,14,16-17H,4-5,8-13H2,(H,24,27). The van der Waals surface area contributed by atoms with Crippen LogP contribution in [-0.2, 0) is 4.74 Å². The summed E-state index contributed by atoms with van der Waals surface area (Å²) in [5, 5.41) is 8.00. The number of nitrogens with one attached hydrogen (secondary N) is 1. The summed E-state index contributed by atoms with van der Waals surface area (Å²) in [5.41, 5.74) is 3.53. The second-order valence-electron chi connectivity index (χ2n) is 7.98. The Morgan fingerprint density at radius 2 is 1.93 bits per heavy atom. The average molecular weight is 391 g/mol. The molecule has 1 aromatic carbocycles. The molecule has 0 spiro atoms. The minimum absolute atomic E-state index is 0.130. The van der Waals surface area contributed by atoms with Crippen LogP contribution in [0.2, 0.25) is 0 Å². The van der Waals surface area contributed by atoms with Crippen molar-refractivity contribution in [3.8, 4) is 11.3 Å². The summed E-state index contributed by atoms with van der Waals surface area (Å²) in [6.07, 6.45) is 7.26. The van der Waals surface area contributed by atoms with Gasteiger partial charge in [-0.2, -0.15) is 0 Å². The van der Waals surface area contributed by atoms with E-state index in [0.717, 1.165) is 42.3 Å². The van der Waals surface area contributed by atoms with E-state index in [0.29, 0.717) is 42.1 Å². The van der Waals surface area contributed by atoms with Crippen molar-refractivity contribution in [2.75, 3.05) is 13.2 Å². The van der Waals surface area contributed by atoms with Crippen LogP contribution in [0.5, 0.6) is 0 Å². The molecule has 3 aromatic rings. The summed E-state index contributed by atoms with van der Waals surface area (Å²) in [6.45, 7) is 1.03.